The van der Waals surface area contributed by atoms with Crippen molar-refractivity contribution in [2.75, 3.05) is 75.8 Å². The van der Waals surface area contributed by atoms with Gasteiger partial charge in [-0.2, -0.15) is 0 Å². The molecule has 0 aliphatic carbocycles. The maximum absolute atomic E-state index is 12.0. The lowest BCUT2D eigenvalue weighted by Gasteiger charge is -2.36. The number of morpholine rings is 1. The molecule has 0 unspecified atom stereocenters. The Hall–Kier alpha value is -1.93. The molecule has 2 aliphatic rings. The van der Waals surface area contributed by atoms with Crippen LogP contribution in [0.5, 0.6) is 0 Å². The molecular formula is C17H26N4O4. The van der Waals surface area contributed by atoms with Crippen molar-refractivity contribution in [3.05, 3.63) is 20.4 Å². The quantitative estimate of drug-likeness (QED) is 0.525. The van der Waals surface area contributed by atoms with Gasteiger partial charge in [0, 0.05) is 52.7 Å². The Morgan fingerprint density at radius 2 is 1.72 bits per heavy atom. The van der Waals surface area contributed by atoms with Crippen molar-refractivity contribution in [3.8, 4) is 0 Å². The Labute approximate surface area is 147 Å². The van der Waals surface area contributed by atoms with Crippen molar-refractivity contribution in [1.29, 1.82) is 0 Å². The summed E-state index contributed by atoms with van der Waals surface area (Å²) in [6.07, 6.45) is 0.913. The molecule has 1 N–H and O–H groups in total. The van der Waals surface area contributed by atoms with Gasteiger partial charge in [0.05, 0.1) is 13.2 Å². The maximum atomic E-state index is 12.0. The van der Waals surface area contributed by atoms with Crippen LogP contribution in [0.4, 0.5) is 11.4 Å². The average molecular weight is 350 g/mol. The second-order valence-corrected chi connectivity index (χ2v) is 6.61. The second-order valence-electron chi connectivity index (χ2n) is 6.61. The highest BCUT2D eigenvalue weighted by molar-refractivity contribution is 5.76. The number of hydrogen-bond donors (Lipinski definition) is 1. The minimum absolute atomic E-state index is 0.0473. The smallest absolute Gasteiger partial charge is 0.253 e. The van der Waals surface area contributed by atoms with Crippen LogP contribution in [0.3, 0.4) is 0 Å². The normalized spacial score (nSPS) is 19.4. The first-order valence-electron chi connectivity index (χ1n) is 8.95. The number of piperazine rings is 1. The number of carbonyl (C=O) groups is 1. The summed E-state index contributed by atoms with van der Waals surface area (Å²) in [7, 11) is 0. The molecule has 1 amide bonds. The molecule has 0 saturated carbocycles. The first-order valence-corrected chi connectivity index (χ1v) is 8.95. The van der Waals surface area contributed by atoms with Crippen LogP contribution in [0, 0.1) is 0 Å². The topological polar surface area (TPSA) is 82.2 Å². The number of anilines is 2. The Kier molecular flexibility index (Phi) is 5.70. The lowest BCUT2D eigenvalue weighted by molar-refractivity contribution is -0.129. The van der Waals surface area contributed by atoms with Gasteiger partial charge in [0.1, 0.15) is 11.4 Å². The maximum Gasteiger partial charge on any atom is 0.253 e. The van der Waals surface area contributed by atoms with Crippen LogP contribution in [-0.4, -0.2) is 81.3 Å². The number of rotatable bonds is 6. The number of nitrogens with one attached hydrogen (secondary N) is 1. The van der Waals surface area contributed by atoms with Crippen molar-refractivity contribution < 1.29 is 9.53 Å². The van der Waals surface area contributed by atoms with Gasteiger partial charge in [-0.25, -0.2) is 0 Å². The fourth-order valence-electron chi connectivity index (χ4n) is 3.43. The Morgan fingerprint density at radius 1 is 1.04 bits per heavy atom. The highest BCUT2D eigenvalue weighted by atomic mass is 16.5. The fourth-order valence-corrected chi connectivity index (χ4v) is 3.43. The minimum Gasteiger partial charge on any atom is -0.380 e. The summed E-state index contributed by atoms with van der Waals surface area (Å²) >= 11 is 0. The average Bonchev–Trinajstić information content (AvgIpc) is 2.64. The van der Waals surface area contributed by atoms with Gasteiger partial charge in [0.15, 0.2) is 0 Å². The number of amides is 1. The zero-order chi connectivity index (χ0) is 17.8. The summed E-state index contributed by atoms with van der Waals surface area (Å²) < 4.78 is 5.32. The summed E-state index contributed by atoms with van der Waals surface area (Å²) in [5.41, 5.74) is 0.116. The molecule has 138 valence electrons. The third kappa shape index (κ3) is 4.01. The highest BCUT2D eigenvalue weighted by Crippen LogP contribution is 2.21. The molecule has 1 aromatic rings. The molecule has 2 heterocycles. The van der Waals surface area contributed by atoms with Gasteiger partial charge < -0.3 is 19.9 Å². The van der Waals surface area contributed by atoms with E-state index in [1.807, 2.05) is 4.90 Å². The van der Waals surface area contributed by atoms with Crippen molar-refractivity contribution in [1.82, 2.24) is 9.80 Å². The first-order chi connectivity index (χ1) is 12.1. The zero-order valence-electron chi connectivity index (χ0n) is 14.8. The number of nitrogens with zero attached hydrogens (tertiary/aromatic N) is 3. The van der Waals surface area contributed by atoms with E-state index in [-0.39, 0.29) is 5.91 Å². The molecule has 0 atom stereocenters. The van der Waals surface area contributed by atoms with Gasteiger partial charge in [-0.15, -0.1) is 0 Å². The third-order valence-electron chi connectivity index (χ3n) is 4.98. The number of hydrogen-bond acceptors (Lipinski definition) is 7. The Morgan fingerprint density at radius 3 is 2.36 bits per heavy atom. The second kappa shape index (κ2) is 7.97. The zero-order valence-corrected chi connectivity index (χ0v) is 14.8. The van der Waals surface area contributed by atoms with Crippen LogP contribution >= 0.6 is 0 Å². The van der Waals surface area contributed by atoms with Gasteiger partial charge in [-0.05, 0) is 13.0 Å². The van der Waals surface area contributed by atoms with Crippen LogP contribution in [0.25, 0.3) is 0 Å². The third-order valence-corrected chi connectivity index (χ3v) is 4.98. The molecule has 3 rings (SSSR count). The summed E-state index contributed by atoms with van der Waals surface area (Å²) in [6, 6.07) is 0. The molecule has 0 bridgehead atoms. The van der Waals surface area contributed by atoms with E-state index in [1.54, 1.807) is 11.8 Å². The van der Waals surface area contributed by atoms with Crippen LogP contribution in [0.2, 0.25) is 0 Å². The van der Waals surface area contributed by atoms with E-state index in [1.165, 1.54) is 0 Å². The predicted octanol–water partition coefficient (Wildman–Crippen LogP) is -0.915. The van der Waals surface area contributed by atoms with Crippen molar-refractivity contribution in [3.63, 3.8) is 0 Å². The molecule has 1 aromatic carbocycles. The van der Waals surface area contributed by atoms with E-state index in [0.717, 1.165) is 39.3 Å². The van der Waals surface area contributed by atoms with Gasteiger partial charge in [0.25, 0.3) is 10.9 Å². The Balaban J connectivity index is 1.50. The van der Waals surface area contributed by atoms with Gasteiger partial charge in [-0.1, -0.05) is 0 Å². The van der Waals surface area contributed by atoms with Crippen LogP contribution < -0.4 is 21.1 Å². The summed E-state index contributed by atoms with van der Waals surface area (Å²) in [6.45, 7) is 8.99. The van der Waals surface area contributed by atoms with Gasteiger partial charge in [0.2, 0.25) is 5.91 Å². The van der Waals surface area contributed by atoms with Crippen molar-refractivity contribution in [2.45, 2.75) is 13.3 Å². The SMILES string of the molecule is CC(=O)N1CCN(c2c(NCCCN3CCOCC3)c(=O)c2=O)CC1. The molecule has 0 spiro atoms. The molecular weight excluding hydrogens is 324 g/mol. The molecule has 8 nitrogen and oxygen atoms in total. The molecule has 0 radical (unpaired) electrons. The number of carbonyl (C=O) groups excluding carboxylic acids is 1. The fraction of sp³-hybridized carbons (Fsp3) is 0.706. The molecule has 2 fully saturated rings. The monoisotopic (exact) mass is 350 g/mol. The van der Waals surface area contributed by atoms with Crippen LogP contribution in [-0.2, 0) is 9.53 Å². The van der Waals surface area contributed by atoms with E-state index in [9.17, 15) is 14.4 Å². The van der Waals surface area contributed by atoms with E-state index in [4.69, 9.17) is 4.74 Å². The predicted molar refractivity (Wildman–Crippen MR) is 96.2 cm³/mol. The highest BCUT2D eigenvalue weighted by Gasteiger charge is 2.28. The molecule has 2 saturated heterocycles. The number of ether oxygens (including phenoxy) is 1. The van der Waals surface area contributed by atoms with E-state index in [0.29, 0.717) is 44.1 Å². The molecule has 8 heteroatoms. The minimum atomic E-state index is -0.421. The first kappa shape index (κ1) is 17.9. The summed E-state index contributed by atoms with van der Waals surface area (Å²) in [5.74, 6) is 0.0473. The van der Waals surface area contributed by atoms with E-state index >= 15 is 0 Å². The lowest BCUT2D eigenvalue weighted by Crippen LogP contribution is -2.52. The summed E-state index contributed by atoms with van der Waals surface area (Å²) in [5, 5.41) is 3.15. The van der Waals surface area contributed by atoms with E-state index in [2.05, 4.69) is 10.2 Å². The lowest BCUT2D eigenvalue weighted by atomic mass is 10.1. The summed E-state index contributed by atoms with van der Waals surface area (Å²) in [4.78, 5) is 41.3. The standard InChI is InChI=1S/C17H26N4O4/c1-13(22)20-5-7-21(8-6-20)15-14(16(23)17(15)24)18-3-2-4-19-9-11-25-12-10-19/h18H,2-12H2,1H3. The van der Waals surface area contributed by atoms with Crippen molar-refractivity contribution >= 4 is 17.3 Å². The molecule has 25 heavy (non-hydrogen) atoms. The van der Waals surface area contributed by atoms with E-state index < -0.39 is 10.9 Å². The van der Waals surface area contributed by atoms with Gasteiger partial charge in [-0.3, -0.25) is 19.3 Å². The Bertz CT molecular complexity index is 669. The van der Waals surface area contributed by atoms with Crippen LogP contribution in [0.15, 0.2) is 9.59 Å². The van der Waals surface area contributed by atoms with Crippen molar-refractivity contribution in [2.24, 2.45) is 0 Å². The largest absolute Gasteiger partial charge is 0.380 e. The van der Waals surface area contributed by atoms with Gasteiger partial charge >= 0.3 is 0 Å². The van der Waals surface area contributed by atoms with Crippen LogP contribution in [0.1, 0.15) is 13.3 Å². The molecule has 0 aromatic heterocycles. The molecule has 2 aliphatic heterocycles.